The molecular weight excluding hydrogens is 450 g/mol. The quantitative estimate of drug-likeness (QED) is 0.445. The molecule has 1 unspecified atom stereocenters. The van der Waals surface area contributed by atoms with Gasteiger partial charge in [-0.15, -0.1) is 0 Å². The fourth-order valence-corrected chi connectivity index (χ4v) is 9.03. The third-order valence-corrected chi connectivity index (χ3v) is 10.7. The van der Waals surface area contributed by atoms with Crippen LogP contribution in [0.5, 0.6) is 11.5 Å². The molecule has 5 aliphatic carbocycles. The molecule has 0 amide bonds. The Morgan fingerprint density at radius 1 is 1.11 bits per heavy atom. The molecule has 1 saturated heterocycles. The molecule has 0 aromatic heterocycles. The molecule has 0 radical (unpaired) electrons. The van der Waals surface area contributed by atoms with Crippen molar-refractivity contribution in [1.82, 2.24) is 4.90 Å². The minimum Gasteiger partial charge on any atom is -0.493 e. The lowest BCUT2D eigenvalue weighted by atomic mass is 9.36. The van der Waals surface area contributed by atoms with Gasteiger partial charge in [-0.1, -0.05) is 48.6 Å². The number of ketones is 1. The molecule has 36 heavy (non-hydrogen) atoms. The highest BCUT2D eigenvalue weighted by Gasteiger charge is 2.80. The van der Waals surface area contributed by atoms with Crippen molar-refractivity contribution in [3.05, 3.63) is 71.3 Å². The van der Waals surface area contributed by atoms with Gasteiger partial charge in [-0.2, -0.15) is 0 Å². The topological polar surface area (TPSA) is 48.0 Å². The lowest BCUT2D eigenvalue weighted by molar-refractivity contribution is -0.206. The Labute approximate surface area is 212 Å². The van der Waals surface area contributed by atoms with E-state index in [-0.39, 0.29) is 28.6 Å². The summed E-state index contributed by atoms with van der Waals surface area (Å²) < 4.78 is 19.3. The van der Waals surface area contributed by atoms with Crippen LogP contribution in [0.15, 0.2) is 54.6 Å². The molecule has 2 heterocycles. The van der Waals surface area contributed by atoms with Gasteiger partial charge in [0.05, 0.1) is 18.4 Å². The standard InChI is InChI=1S/C31H33NO4/c1-34-23-11-10-21-16-24-29-12-13-31(35-2,22(17-29)26(33)20-6-4-3-5-7-20)28-30(29,25(21)27(23)36-28)14-15-32(24)18-19-8-9-19/h3-7,10-13,19,22,24,28H,8-9,14-18H2,1-2H3/t22?,24-,28-,29-,30+,31-/m1/s1. The van der Waals surface area contributed by atoms with E-state index in [0.717, 1.165) is 48.8 Å². The number of rotatable bonds is 6. The Morgan fingerprint density at radius 3 is 2.69 bits per heavy atom. The summed E-state index contributed by atoms with van der Waals surface area (Å²) in [5.74, 6) is 2.38. The van der Waals surface area contributed by atoms with Gasteiger partial charge in [-0.3, -0.25) is 9.69 Å². The van der Waals surface area contributed by atoms with E-state index in [1.807, 2.05) is 30.3 Å². The van der Waals surface area contributed by atoms with E-state index in [1.165, 1.54) is 30.5 Å². The van der Waals surface area contributed by atoms with Crippen molar-refractivity contribution in [2.24, 2.45) is 17.3 Å². The lowest BCUT2D eigenvalue weighted by Crippen LogP contribution is -2.79. The lowest BCUT2D eigenvalue weighted by Gasteiger charge is -2.71. The maximum absolute atomic E-state index is 14.2. The number of ether oxygens (including phenoxy) is 3. The van der Waals surface area contributed by atoms with Gasteiger partial charge < -0.3 is 14.2 Å². The third-order valence-electron chi connectivity index (χ3n) is 10.7. The summed E-state index contributed by atoms with van der Waals surface area (Å²) >= 11 is 0. The van der Waals surface area contributed by atoms with Crippen LogP contribution in [0, 0.1) is 17.3 Å². The SMILES string of the molecule is COc1ccc2c3c1O[C@@H]1[C@]34CCN(CC3CC3)[C@H](C2)[C@]42C=C[C@@]1(OC)C(C(=O)c1ccccc1)C2. The third kappa shape index (κ3) is 2.33. The summed E-state index contributed by atoms with van der Waals surface area (Å²) in [6, 6.07) is 14.5. The van der Waals surface area contributed by atoms with Crippen LogP contribution in [0.3, 0.4) is 0 Å². The van der Waals surface area contributed by atoms with Gasteiger partial charge in [0, 0.05) is 36.2 Å². The number of likely N-dealkylation sites (tertiary alicyclic amines) is 1. The highest BCUT2D eigenvalue weighted by Crippen LogP contribution is 2.75. The van der Waals surface area contributed by atoms with Crippen LogP contribution in [0.25, 0.3) is 0 Å². The fourth-order valence-electron chi connectivity index (χ4n) is 9.03. The number of hydrogen-bond donors (Lipinski definition) is 0. The second kappa shape index (κ2) is 7.02. The highest BCUT2D eigenvalue weighted by atomic mass is 16.6. The van der Waals surface area contributed by atoms with E-state index < -0.39 is 5.60 Å². The molecule has 7 aliphatic rings. The van der Waals surface area contributed by atoms with E-state index in [1.54, 1.807) is 14.2 Å². The highest BCUT2D eigenvalue weighted by molar-refractivity contribution is 5.99. The second-order valence-electron chi connectivity index (χ2n) is 11.9. The zero-order valence-electron chi connectivity index (χ0n) is 21.0. The number of Topliss-reactive ketones (excluding diaryl/α,β-unsaturated/α-hetero) is 1. The smallest absolute Gasteiger partial charge is 0.169 e. The van der Waals surface area contributed by atoms with Crippen molar-refractivity contribution in [3.8, 4) is 11.5 Å². The Morgan fingerprint density at radius 2 is 1.94 bits per heavy atom. The van der Waals surface area contributed by atoms with Gasteiger partial charge >= 0.3 is 0 Å². The largest absolute Gasteiger partial charge is 0.493 e. The first kappa shape index (κ1) is 21.5. The van der Waals surface area contributed by atoms with Crippen molar-refractivity contribution in [2.45, 2.75) is 55.3 Å². The van der Waals surface area contributed by atoms with E-state index >= 15 is 0 Å². The first-order valence-corrected chi connectivity index (χ1v) is 13.5. The molecule has 5 heteroatoms. The minimum atomic E-state index is -0.809. The zero-order valence-corrected chi connectivity index (χ0v) is 21.0. The van der Waals surface area contributed by atoms with Crippen molar-refractivity contribution in [1.29, 1.82) is 0 Å². The van der Waals surface area contributed by atoms with Gasteiger partial charge in [-0.05, 0) is 56.2 Å². The molecule has 186 valence electrons. The van der Waals surface area contributed by atoms with Crippen LogP contribution in [-0.2, 0) is 16.6 Å². The molecular formula is C31H33NO4. The molecule has 3 fully saturated rings. The Bertz CT molecular complexity index is 1300. The summed E-state index contributed by atoms with van der Waals surface area (Å²) in [7, 11) is 3.49. The maximum Gasteiger partial charge on any atom is 0.169 e. The minimum absolute atomic E-state index is 0.162. The van der Waals surface area contributed by atoms with Crippen LogP contribution in [0.2, 0.25) is 0 Å². The summed E-state index contributed by atoms with van der Waals surface area (Å²) in [5.41, 5.74) is 2.32. The van der Waals surface area contributed by atoms with E-state index in [9.17, 15) is 4.79 Å². The van der Waals surface area contributed by atoms with E-state index in [0.29, 0.717) is 6.04 Å². The van der Waals surface area contributed by atoms with Crippen LogP contribution in [0.4, 0.5) is 0 Å². The van der Waals surface area contributed by atoms with Crippen LogP contribution in [0.1, 0.15) is 47.2 Å². The van der Waals surface area contributed by atoms with Gasteiger partial charge in [0.25, 0.3) is 0 Å². The average Bonchev–Trinajstić information content (AvgIpc) is 3.67. The predicted molar refractivity (Wildman–Crippen MR) is 136 cm³/mol. The summed E-state index contributed by atoms with van der Waals surface area (Å²) in [6.07, 6.45) is 9.96. The molecule has 6 atom stereocenters. The van der Waals surface area contributed by atoms with Crippen molar-refractivity contribution in [2.75, 3.05) is 27.3 Å². The number of carbonyl (C=O) groups excluding carboxylic acids is 1. The van der Waals surface area contributed by atoms with Gasteiger partial charge in [0.1, 0.15) is 11.7 Å². The first-order valence-electron chi connectivity index (χ1n) is 13.5. The molecule has 2 aromatic rings. The number of nitrogens with zero attached hydrogens (tertiary/aromatic N) is 1. The van der Waals surface area contributed by atoms with Crippen molar-refractivity contribution >= 4 is 5.78 Å². The number of piperidine rings is 1. The van der Waals surface area contributed by atoms with Gasteiger partial charge in [0.2, 0.25) is 0 Å². The zero-order chi connectivity index (χ0) is 24.3. The molecule has 4 bridgehead atoms. The van der Waals surface area contributed by atoms with Gasteiger partial charge in [0.15, 0.2) is 17.3 Å². The first-order chi connectivity index (χ1) is 17.6. The Hall–Kier alpha value is -2.63. The number of benzene rings is 2. The molecule has 0 N–H and O–H groups in total. The van der Waals surface area contributed by atoms with Crippen LogP contribution >= 0.6 is 0 Å². The monoisotopic (exact) mass is 483 g/mol. The summed E-state index contributed by atoms with van der Waals surface area (Å²) in [6.45, 7) is 2.25. The molecule has 2 aromatic carbocycles. The summed E-state index contributed by atoms with van der Waals surface area (Å²) in [5, 5.41) is 0. The molecule has 5 nitrogen and oxygen atoms in total. The van der Waals surface area contributed by atoms with Gasteiger partial charge in [-0.25, -0.2) is 0 Å². The Balaban J connectivity index is 1.36. The maximum atomic E-state index is 14.2. The molecule has 2 spiro atoms. The number of hydrogen-bond acceptors (Lipinski definition) is 5. The Kier molecular flexibility index (Phi) is 4.18. The molecule has 2 saturated carbocycles. The number of fused-ring (bicyclic) bond motifs is 1. The van der Waals surface area contributed by atoms with Crippen LogP contribution < -0.4 is 9.47 Å². The van der Waals surface area contributed by atoms with Crippen LogP contribution in [-0.4, -0.2) is 55.7 Å². The number of methoxy groups -OCH3 is 2. The molecule has 2 aliphatic heterocycles. The van der Waals surface area contributed by atoms with E-state index in [4.69, 9.17) is 14.2 Å². The summed E-state index contributed by atoms with van der Waals surface area (Å²) in [4.78, 5) is 17.0. The average molecular weight is 484 g/mol. The number of carbonyl (C=O) groups is 1. The van der Waals surface area contributed by atoms with Crippen molar-refractivity contribution in [3.63, 3.8) is 0 Å². The van der Waals surface area contributed by atoms with E-state index in [2.05, 4.69) is 29.2 Å². The predicted octanol–water partition coefficient (Wildman–Crippen LogP) is 4.58. The van der Waals surface area contributed by atoms with Crippen molar-refractivity contribution < 1.29 is 19.0 Å². The normalized spacial score (nSPS) is 39.0. The molecule has 9 rings (SSSR count). The fraction of sp³-hybridized carbons (Fsp3) is 0.516. The second-order valence-corrected chi connectivity index (χ2v) is 11.9.